The van der Waals surface area contributed by atoms with Crippen molar-refractivity contribution in [2.75, 3.05) is 6.54 Å². The smallest absolute Gasteiger partial charge is 0.228 e. The highest BCUT2D eigenvalue weighted by Crippen LogP contribution is 2.09. The quantitative estimate of drug-likeness (QED) is 0.694. The maximum Gasteiger partial charge on any atom is 0.228 e. The van der Waals surface area contributed by atoms with Crippen LogP contribution in [0.1, 0.15) is 33.6 Å². The zero-order chi connectivity index (χ0) is 12.1. The van der Waals surface area contributed by atoms with Gasteiger partial charge in [0.15, 0.2) is 5.25 Å². The van der Waals surface area contributed by atoms with Crippen LogP contribution in [0.5, 0.6) is 0 Å². The van der Waals surface area contributed by atoms with Gasteiger partial charge in [0.1, 0.15) is 0 Å². The molecule has 5 nitrogen and oxygen atoms in total. The Morgan fingerprint density at radius 2 is 2.07 bits per heavy atom. The molecule has 2 atom stereocenters. The molecule has 0 bridgehead atoms. The molecule has 0 saturated heterocycles. The Morgan fingerprint density at radius 1 is 1.53 bits per heavy atom. The molecule has 0 aromatic carbocycles. The molecule has 0 rings (SSSR count). The Labute approximate surface area is 91.2 Å². The van der Waals surface area contributed by atoms with Gasteiger partial charge in [-0.15, -0.1) is 0 Å². The molecule has 6 heteroatoms. The van der Waals surface area contributed by atoms with Crippen LogP contribution in [-0.4, -0.2) is 30.9 Å². The maximum atomic E-state index is 11.5. The van der Waals surface area contributed by atoms with Crippen LogP contribution in [-0.2, 0) is 10.0 Å². The Morgan fingerprint density at radius 3 is 2.40 bits per heavy atom. The fraction of sp³-hybridized carbons (Fsp3) is 0.889. The third-order valence-corrected chi connectivity index (χ3v) is 4.04. The van der Waals surface area contributed by atoms with Gasteiger partial charge in [0.05, 0.1) is 11.7 Å². The van der Waals surface area contributed by atoms with Gasteiger partial charge in [0.25, 0.3) is 0 Å². The van der Waals surface area contributed by atoms with Gasteiger partial charge in [-0.1, -0.05) is 13.8 Å². The highest BCUT2D eigenvalue weighted by atomic mass is 32.2. The van der Waals surface area contributed by atoms with Gasteiger partial charge in [0, 0.05) is 6.54 Å². The molecule has 0 spiro atoms. The third kappa shape index (κ3) is 4.60. The highest BCUT2D eigenvalue weighted by Gasteiger charge is 2.26. The van der Waals surface area contributed by atoms with Crippen LogP contribution in [0.15, 0.2) is 0 Å². The molecule has 0 saturated carbocycles. The summed E-state index contributed by atoms with van der Waals surface area (Å²) in [5.41, 5.74) is -1.07. The summed E-state index contributed by atoms with van der Waals surface area (Å²) < 4.78 is 25.3. The molecule has 0 aliphatic rings. The molecular weight excluding hydrogens is 216 g/mol. The fourth-order valence-electron chi connectivity index (χ4n) is 0.862. The molecule has 0 aromatic rings. The van der Waals surface area contributed by atoms with Crippen LogP contribution in [0.2, 0.25) is 0 Å². The maximum absolute atomic E-state index is 11.5. The van der Waals surface area contributed by atoms with Gasteiger partial charge >= 0.3 is 0 Å². The van der Waals surface area contributed by atoms with E-state index in [0.29, 0.717) is 6.42 Å². The Bertz CT molecular complexity index is 330. The molecule has 0 amide bonds. The van der Waals surface area contributed by atoms with Gasteiger partial charge in [-0.2, -0.15) is 5.26 Å². The van der Waals surface area contributed by atoms with Crippen LogP contribution in [0.25, 0.3) is 0 Å². The van der Waals surface area contributed by atoms with Crippen molar-refractivity contribution in [3.05, 3.63) is 0 Å². The minimum atomic E-state index is -3.64. The number of aliphatic hydroxyl groups is 1. The van der Waals surface area contributed by atoms with Gasteiger partial charge in [-0.3, -0.25) is 0 Å². The molecule has 15 heavy (non-hydrogen) atoms. The van der Waals surface area contributed by atoms with Crippen molar-refractivity contribution in [1.82, 2.24) is 4.72 Å². The normalized spacial score (nSPS) is 17.8. The second-order valence-corrected chi connectivity index (χ2v) is 5.69. The number of nitrogens with zero attached hydrogens (tertiary/aromatic N) is 1. The number of hydrogen-bond donors (Lipinski definition) is 2. The van der Waals surface area contributed by atoms with Crippen LogP contribution < -0.4 is 4.72 Å². The Kier molecular flexibility index (Phi) is 5.21. The zero-order valence-corrected chi connectivity index (χ0v) is 10.1. The van der Waals surface area contributed by atoms with E-state index in [1.165, 1.54) is 0 Å². The first-order chi connectivity index (χ1) is 6.79. The highest BCUT2D eigenvalue weighted by molar-refractivity contribution is 7.90. The number of rotatable bonds is 6. The van der Waals surface area contributed by atoms with E-state index < -0.39 is 20.9 Å². The number of nitriles is 1. The molecule has 0 aliphatic carbocycles. The summed E-state index contributed by atoms with van der Waals surface area (Å²) in [5.74, 6) is 0. The summed E-state index contributed by atoms with van der Waals surface area (Å²) in [6.45, 7) is 4.87. The molecule has 0 aliphatic heterocycles. The first-order valence-electron chi connectivity index (χ1n) is 4.89. The summed E-state index contributed by atoms with van der Waals surface area (Å²) in [6, 6.07) is 1.71. The summed E-state index contributed by atoms with van der Waals surface area (Å²) in [7, 11) is -3.64. The minimum Gasteiger partial charge on any atom is -0.389 e. The molecule has 2 N–H and O–H groups in total. The standard InChI is InChI=1S/C9H18N2O3S/c1-4-8(6-10)15(13,14)11-7-9(3,12)5-2/h8,11-12H,4-5,7H2,1-3H3. The largest absolute Gasteiger partial charge is 0.389 e. The van der Waals surface area contributed by atoms with Crippen LogP contribution in [0, 0.1) is 11.3 Å². The predicted molar refractivity (Wildman–Crippen MR) is 57.5 cm³/mol. The molecule has 88 valence electrons. The zero-order valence-electron chi connectivity index (χ0n) is 9.32. The fourth-order valence-corrected chi connectivity index (χ4v) is 2.15. The summed E-state index contributed by atoms with van der Waals surface area (Å²) in [4.78, 5) is 0. The van der Waals surface area contributed by atoms with E-state index in [1.807, 2.05) is 0 Å². The monoisotopic (exact) mass is 234 g/mol. The summed E-state index contributed by atoms with van der Waals surface area (Å²) in [6.07, 6.45) is 0.680. The van der Waals surface area contributed by atoms with Gasteiger partial charge in [-0.25, -0.2) is 13.1 Å². The number of nitrogens with one attached hydrogen (secondary N) is 1. The van der Waals surface area contributed by atoms with Gasteiger partial charge in [-0.05, 0) is 19.8 Å². The van der Waals surface area contributed by atoms with Crippen molar-refractivity contribution in [3.8, 4) is 6.07 Å². The second kappa shape index (κ2) is 5.45. The van der Waals surface area contributed by atoms with E-state index in [0.717, 1.165) is 0 Å². The summed E-state index contributed by atoms with van der Waals surface area (Å²) >= 11 is 0. The lowest BCUT2D eigenvalue weighted by molar-refractivity contribution is 0.0613. The van der Waals surface area contributed by atoms with Crippen molar-refractivity contribution < 1.29 is 13.5 Å². The van der Waals surface area contributed by atoms with Crippen LogP contribution in [0.4, 0.5) is 0 Å². The average Bonchev–Trinajstić information content (AvgIpc) is 2.17. The van der Waals surface area contributed by atoms with E-state index in [4.69, 9.17) is 5.26 Å². The first kappa shape index (κ1) is 14.4. The summed E-state index contributed by atoms with van der Waals surface area (Å²) in [5, 5.41) is 17.2. The van der Waals surface area contributed by atoms with Crippen LogP contribution >= 0.6 is 0 Å². The van der Waals surface area contributed by atoms with Crippen molar-refractivity contribution in [3.63, 3.8) is 0 Å². The van der Waals surface area contributed by atoms with E-state index in [-0.39, 0.29) is 13.0 Å². The van der Waals surface area contributed by atoms with Crippen molar-refractivity contribution in [1.29, 1.82) is 5.26 Å². The van der Waals surface area contributed by atoms with Gasteiger partial charge in [0.2, 0.25) is 10.0 Å². The first-order valence-corrected chi connectivity index (χ1v) is 6.44. The molecule has 2 unspecified atom stereocenters. The molecule has 0 fully saturated rings. The SMILES string of the molecule is CCC(C#N)S(=O)(=O)NCC(C)(O)CC. The van der Waals surface area contributed by atoms with E-state index in [2.05, 4.69) is 4.72 Å². The van der Waals surface area contributed by atoms with Crippen LogP contribution in [0.3, 0.4) is 0 Å². The van der Waals surface area contributed by atoms with Crippen molar-refractivity contribution in [2.24, 2.45) is 0 Å². The van der Waals surface area contributed by atoms with E-state index in [1.54, 1.807) is 26.8 Å². The minimum absolute atomic E-state index is 0.0655. The molecule has 0 radical (unpaired) electrons. The van der Waals surface area contributed by atoms with Crippen molar-refractivity contribution in [2.45, 2.75) is 44.5 Å². The van der Waals surface area contributed by atoms with E-state index in [9.17, 15) is 13.5 Å². The topological polar surface area (TPSA) is 90.2 Å². The molecule has 0 aromatic heterocycles. The Balaban J connectivity index is 4.49. The second-order valence-electron chi connectivity index (χ2n) is 3.74. The molecular formula is C9H18N2O3S. The third-order valence-electron chi connectivity index (χ3n) is 2.31. The predicted octanol–water partition coefficient (Wildman–Crippen LogP) is 0.369. The van der Waals surface area contributed by atoms with Crippen molar-refractivity contribution >= 4 is 10.0 Å². The molecule has 0 heterocycles. The lowest BCUT2D eigenvalue weighted by atomic mass is 10.1. The van der Waals surface area contributed by atoms with Gasteiger partial charge < -0.3 is 5.11 Å². The number of hydrogen-bond acceptors (Lipinski definition) is 4. The average molecular weight is 234 g/mol. The Hall–Kier alpha value is -0.640. The number of sulfonamides is 1. The lowest BCUT2D eigenvalue weighted by Crippen LogP contribution is -2.43. The lowest BCUT2D eigenvalue weighted by Gasteiger charge is -2.22. The van der Waals surface area contributed by atoms with E-state index >= 15 is 0 Å².